The van der Waals surface area contributed by atoms with Gasteiger partial charge >= 0.3 is 0 Å². The second-order valence-electron chi connectivity index (χ2n) is 8.39. The van der Waals surface area contributed by atoms with E-state index in [-0.39, 0.29) is 29.1 Å². The van der Waals surface area contributed by atoms with Crippen LogP contribution in [0.3, 0.4) is 0 Å². The molecule has 2 aliphatic heterocycles. The van der Waals surface area contributed by atoms with Crippen LogP contribution in [0.4, 0.5) is 0 Å². The summed E-state index contributed by atoms with van der Waals surface area (Å²) >= 11 is 1.62. The summed E-state index contributed by atoms with van der Waals surface area (Å²) in [7, 11) is 2.15. The van der Waals surface area contributed by atoms with Gasteiger partial charge in [0.05, 0.1) is 39.0 Å². The molecule has 142 valence electrons. The van der Waals surface area contributed by atoms with Crippen LogP contribution >= 0.6 is 11.8 Å². The number of piperazine rings is 1. The Bertz CT molecular complexity index is 661. The molecule has 1 aromatic carbocycles. The largest absolute Gasteiger partial charge is 0.334 e. The van der Waals surface area contributed by atoms with E-state index in [0.29, 0.717) is 5.75 Å². The Morgan fingerprint density at radius 3 is 2.38 bits per heavy atom. The molecule has 1 atom stereocenters. The molecule has 2 amide bonds. The predicted octanol–water partition coefficient (Wildman–Crippen LogP) is 0.915. The van der Waals surface area contributed by atoms with Crippen LogP contribution < -0.4 is 4.90 Å². The molecule has 2 fully saturated rings. The number of benzene rings is 1. The fraction of sp³-hybridized carbons (Fsp3) is 0.600. The normalized spacial score (nSPS) is 22.2. The lowest BCUT2D eigenvalue weighted by Crippen LogP contribution is -3.12. The lowest BCUT2D eigenvalue weighted by atomic mass is 9.87. The molecule has 3 rings (SSSR count). The van der Waals surface area contributed by atoms with Gasteiger partial charge in [-0.25, -0.2) is 0 Å². The maximum absolute atomic E-state index is 12.7. The highest BCUT2D eigenvalue weighted by molar-refractivity contribution is 8.00. The Kier molecular flexibility index (Phi) is 5.63. The molecule has 0 spiro atoms. The zero-order valence-corrected chi connectivity index (χ0v) is 17.1. The monoisotopic (exact) mass is 376 g/mol. The molecule has 26 heavy (non-hydrogen) atoms. The molecule has 0 bridgehead atoms. The molecular weight excluding hydrogens is 346 g/mol. The van der Waals surface area contributed by atoms with Crippen molar-refractivity contribution in [1.82, 2.24) is 9.80 Å². The molecule has 1 aromatic rings. The molecule has 2 heterocycles. The van der Waals surface area contributed by atoms with Gasteiger partial charge < -0.3 is 14.7 Å². The van der Waals surface area contributed by atoms with Gasteiger partial charge in [0.1, 0.15) is 11.9 Å². The number of hydrogen-bond acceptors (Lipinski definition) is 3. The lowest BCUT2D eigenvalue weighted by Gasteiger charge is -2.32. The minimum Gasteiger partial charge on any atom is -0.334 e. The highest BCUT2D eigenvalue weighted by Gasteiger charge is 2.35. The van der Waals surface area contributed by atoms with Crippen LogP contribution in [0.25, 0.3) is 0 Å². The summed E-state index contributed by atoms with van der Waals surface area (Å²) in [4.78, 5) is 30.2. The first-order valence-corrected chi connectivity index (χ1v) is 10.4. The minimum atomic E-state index is -0.0569. The number of carbonyl (C=O) groups is 2. The fourth-order valence-electron chi connectivity index (χ4n) is 3.43. The van der Waals surface area contributed by atoms with E-state index in [2.05, 4.69) is 52.1 Å². The third-order valence-electron chi connectivity index (χ3n) is 5.31. The van der Waals surface area contributed by atoms with Gasteiger partial charge in [-0.3, -0.25) is 9.59 Å². The Morgan fingerprint density at radius 2 is 1.81 bits per heavy atom. The fourth-order valence-corrected chi connectivity index (χ4v) is 4.62. The molecule has 0 aliphatic carbocycles. The van der Waals surface area contributed by atoms with Gasteiger partial charge in [0.15, 0.2) is 0 Å². The topological polar surface area (TPSA) is 45.1 Å². The number of rotatable bonds is 3. The number of hydrogen-bond donors (Lipinski definition) is 1. The van der Waals surface area contributed by atoms with Gasteiger partial charge in [-0.2, -0.15) is 0 Å². The van der Waals surface area contributed by atoms with E-state index >= 15 is 0 Å². The van der Waals surface area contributed by atoms with Crippen molar-refractivity contribution in [3.8, 4) is 0 Å². The third-order valence-corrected chi connectivity index (χ3v) is 6.56. The summed E-state index contributed by atoms with van der Waals surface area (Å²) in [6.07, 6.45) is 0. The van der Waals surface area contributed by atoms with E-state index < -0.39 is 0 Å². The first kappa shape index (κ1) is 19.2. The average molecular weight is 377 g/mol. The molecule has 2 saturated heterocycles. The van der Waals surface area contributed by atoms with Crippen molar-refractivity contribution in [3.63, 3.8) is 0 Å². The zero-order valence-electron chi connectivity index (χ0n) is 16.2. The number of carbonyl (C=O) groups excluding carboxylic acids is 2. The van der Waals surface area contributed by atoms with E-state index in [1.54, 1.807) is 16.7 Å². The summed E-state index contributed by atoms with van der Waals surface area (Å²) < 4.78 is 0. The minimum absolute atomic E-state index is 0.0569. The van der Waals surface area contributed by atoms with Crippen molar-refractivity contribution in [3.05, 3.63) is 35.4 Å². The Labute approximate surface area is 160 Å². The summed E-state index contributed by atoms with van der Waals surface area (Å²) in [6.45, 7) is 10.3. The molecule has 6 heteroatoms. The smallest absolute Gasteiger partial charge is 0.242 e. The van der Waals surface area contributed by atoms with E-state index in [0.717, 1.165) is 31.7 Å². The van der Waals surface area contributed by atoms with Crippen molar-refractivity contribution in [1.29, 1.82) is 0 Å². The highest BCUT2D eigenvalue weighted by atomic mass is 32.2. The van der Waals surface area contributed by atoms with Crippen LogP contribution in [0.15, 0.2) is 24.3 Å². The van der Waals surface area contributed by atoms with Gasteiger partial charge in [0.25, 0.3) is 0 Å². The van der Waals surface area contributed by atoms with Crippen molar-refractivity contribution in [2.45, 2.75) is 31.6 Å². The summed E-state index contributed by atoms with van der Waals surface area (Å²) in [5, 5.41) is -0.0569. The maximum atomic E-state index is 12.7. The molecule has 5 nitrogen and oxygen atoms in total. The van der Waals surface area contributed by atoms with Crippen LogP contribution in [0.5, 0.6) is 0 Å². The molecule has 0 unspecified atom stereocenters. The SMILES string of the molecule is C[NH+]1CCN(C(=O)CN2C(=O)CS[C@@H]2c2ccc(C(C)(C)C)cc2)CC1. The Morgan fingerprint density at radius 1 is 1.19 bits per heavy atom. The van der Waals surface area contributed by atoms with Gasteiger partial charge in [-0.15, -0.1) is 11.8 Å². The Balaban J connectivity index is 1.69. The molecule has 1 N–H and O–H groups in total. The predicted molar refractivity (Wildman–Crippen MR) is 105 cm³/mol. The van der Waals surface area contributed by atoms with Crippen molar-refractivity contribution >= 4 is 23.6 Å². The van der Waals surface area contributed by atoms with Gasteiger partial charge in [0.2, 0.25) is 11.8 Å². The molecule has 2 aliphatic rings. The van der Waals surface area contributed by atoms with E-state index in [1.165, 1.54) is 10.5 Å². The number of nitrogens with zero attached hydrogens (tertiary/aromatic N) is 2. The van der Waals surface area contributed by atoms with E-state index in [1.807, 2.05) is 4.90 Å². The maximum Gasteiger partial charge on any atom is 0.242 e. The standard InChI is InChI=1S/C20H29N3O2S/c1-20(2,3)16-7-5-15(6-8-16)19-23(18(25)14-26-19)13-17(24)22-11-9-21(4)10-12-22/h5-8,19H,9-14H2,1-4H3/p+1/t19-/m1/s1. The third kappa shape index (κ3) is 4.23. The quantitative estimate of drug-likeness (QED) is 0.853. The molecular formula is C20H30N3O2S+. The average Bonchev–Trinajstić information content (AvgIpc) is 2.95. The zero-order chi connectivity index (χ0) is 18.9. The van der Waals surface area contributed by atoms with E-state index in [9.17, 15) is 9.59 Å². The molecule has 0 aromatic heterocycles. The number of nitrogens with one attached hydrogen (secondary N) is 1. The second-order valence-corrected chi connectivity index (χ2v) is 9.46. The summed E-state index contributed by atoms with van der Waals surface area (Å²) in [5.41, 5.74) is 2.48. The second kappa shape index (κ2) is 7.61. The lowest BCUT2D eigenvalue weighted by molar-refractivity contribution is -0.883. The van der Waals surface area contributed by atoms with Crippen molar-refractivity contribution in [2.24, 2.45) is 0 Å². The first-order chi connectivity index (χ1) is 12.3. The van der Waals surface area contributed by atoms with Crippen LogP contribution in [-0.2, 0) is 15.0 Å². The van der Waals surface area contributed by atoms with Crippen molar-refractivity contribution < 1.29 is 14.5 Å². The first-order valence-electron chi connectivity index (χ1n) is 9.36. The van der Waals surface area contributed by atoms with Gasteiger partial charge in [-0.1, -0.05) is 45.0 Å². The van der Waals surface area contributed by atoms with Crippen molar-refractivity contribution in [2.75, 3.05) is 45.5 Å². The number of thioether (sulfide) groups is 1. The highest BCUT2D eigenvalue weighted by Crippen LogP contribution is 2.39. The van der Waals surface area contributed by atoms with Gasteiger partial charge in [0, 0.05) is 0 Å². The number of quaternary nitrogens is 1. The number of amides is 2. The van der Waals surface area contributed by atoms with Crippen LogP contribution in [0.2, 0.25) is 0 Å². The summed E-state index contributed by atoms with van der Waals surface area (Å²) in [6, 6.07) is 8.49. The molecule has 0 radical (unpaired) electrons. The molecule has 0 saturated carbocycles. The van der Waals surface area contributed by atoms with E-state index in [4.69, 9.17) is 0 Å². The number of likely N-dealkylation sites (N-methyl/N-ethyl adjacent to an activating group) is 1. The van der Waals surface area contributed by atoms with Crippen LogP contribution in [-0.4, -0.2) is 67.1 Å². The summed E-state index contributed by atoms with van der Waals surface area (Å²) in [5.74, 6) is 0.587. The van der Waals surface area contributed by atoms with Crippen LogP contribution in [0.1, 0.15) is 37.3 Å². The van der Waals surface area contributed by atoms with Crippen LogP contribution in [0, 0.1) is 0 Å². The Hall–Kier alpha value is -1.53. The van der Waals surface area contributed by atoms with Gasteiger partial charge in [-0.05, 0) is 16.5 Å².